The van der Waals surface area contributed by atoms with Gasteiger partial charge < -0.3 is 0 Å². The molecule has 142 valence electrons. The van der Waals surface area contributed by atoms with E-state index in [2.05, 4.69) is 10.1 Å². The minimum atomic E-state index is -4.48. The fourth-order valence-corrected chi connectivity index (χ4v) is 3.03. The average Bonchev–Trinajstić information content (AvgIpc) is 3.10. The summed E-state index contributed by atoms with van der Waals surface area (Å²) < 4.78 is 66.5. The Labute approximate surface area is 154 Å². The number of hydrogen-bond acceptors (Lipinski definition) is 3. The van der Waals surface area contributed by atoms with E-state index in [-0.39, 0.29) is 17.1 Å². The predicted octanol–water partition coefficient (Wildman–Crippen LogP) is 4.93. The molecule has 0 spiro atoms. The van der Waals surface area contributed by atoms with E-state index >= 15 is 0 Å². The lowest BCUT2D eigenvalue weighted by molar-refractivity contribution is -0.137. The quantitative estimate of drug-likeness (QED) is 0.582. The number of carbonyl (C=O) groups is 1. The molecule has 0 aliphatic carbocycles. The molecule has 0 atom stereocenters. The van der Waals surface area contributed by atoms with E-state index in [1.165, 1.54) is 12.1 Å². The molecule has 0 saturated heterocycles. The van der Waals surface area contributed by atoms with E-state index in [1.807, 2.05) is 0 Å². The van der Waals surface area contributed by atoms with Crippen LogP contribution in [0.3, 0.4) is 0 Å². The van der Waals surface area contributed by atoms with E-state index < -0.39 is 29.3 Å². The largest absolute Gasteiger partial charge is 0.416 e. The maximum atomic E-state index is 14.1. The van der Waals surface area contributed by atoms with Crippen LogP contribution in [-0.2, 0) is 6.18 Å². The van der Waals surface area contributed by atoms with Gasteiger partial charge in [-0.3, -0.25) is 4.79 Å². The molecule has 0 bridgehead atoms. The first-order chi connectivity index (χ1) is 13.2. The van der Waals surface area contributed by atoms with Gasteiger partial charge >= 0.3 is 6.18 Å². The number of aliphatic imine (C=N–C) groups is 1. The fraction of sp³-hybridized carbons (Fsp3) is 0.105. The molecule has 4 nitrogen and oxygen atoms in total. The van der Waals surface area contributed by atoms with E-state index in [1.54, 1.807) is 6.92 Å². The molecule has 0 N–H and O–H groups in total. The third-order valence-corrected chi connectivity index (χ3v) is 4.34. The molecule has 0 saturated carbocycles. The summed E-state index contributed by atoms with van der Waals surface area (Å²) in [6.07, 6.45) is -4.48. The second kappa shape index (κ2) is 6.08. The Hall–Kier alpha value is -3.36. The minimum Gasteiger partial charge on any atom is -0.265 e. The lowest BCUT2D eigenvalue weighted by Crippen LogP contribution is -2.19. The first kappa shape index (κ1) is 18.0. The Morgan fingerprint density at radius 1 is 1.00 bits per heavy atom. The van der Waals surface area contributed by atoms with Gasteiger partial charge in [0.1, 0.15) is 17.3 Å². The highest BCUT2D eigenvalue weighted by molar-refractivity contribution is 6.48. The number of rotatable bonds is 2. The van der Waals surface area contributed by atoms with Gasteiger partial charge in [0, 0.05) is 17.2 Å². The fourth-order valence-electron chi connectivity index (χ4n) is 3.03. The first-order valence-electron chi connectivity index (χ1n) is 8.03. The summed E-state index contributed by atoms with van der Waals surface area (Å²) >= 11 is 0. The number of aromatic nitrogens is 2. The van der Waals surface area contributed by atoms with Gasteiger partial charge in [-0.1, -0.05) is 12.1 Å². The van der Waals surface area contributed by atoms with Gasteiger partial charge in [-0.15, -0.1) is 0 Å². The number of fused-ring (bicyclic) bond motifs is 1. The normalized spacial score (nSPS) is 13.6. The molecule has 0 amide bonds. The molecule has 1 aromatic heterocycles. The molecule has 28 heavy (non-hydrogen) atoms. The Bertz CT molecular complexity index is 1140. The van der Waals surface area contributed by atoms with Gasteiger partial charge in [-0.25, -0.2) is 13.8 Å². The summed E-state index contributed by atoms with van der Waals surface area (Å²) in [5.74, 6) is -2.38. The lowest BCUT2D eigenvalue weighted by Gasteiger charge is -2.07. The van der Waals surface area contributed by atoms with E-state index in [9.17, 15) is 26.7 Å². The Morgan fingerprint density at radius 2 is 1.68 bits per heavy atom. The molecule has 0 unspecified atom stereocenters. The zero-order valence-corrected chi connectivity index (χ0v) is 14.2. The van der Waals surface area contributed by atoms with Crippen LogP contribution in [0.2, 0.25) is 0 Å². The summed E-state index contributed by atoms with van der Waals surface area (Å²) in [6.45, 7) is 1.58. The van der Waals surface area contributed by atoms with Crippen molar-refractivity contribution in [3.8, 4) is 11.1 Å². The monoisotopic (exact) mass is 391 g/mol. The summed E-state index contributed by atoms with van der Waals surface area (Å²) in [6, 6.07) is 7.07. The van der Waals surface area contributed by atoms with Crippen molar-refractivity contribution in [1.29, 1.82) is 0 Å². The lowest BCUT2D eigenvalue weighted by atomic mass is 10.0. The highest BCUT2D eigenvalue weighted by Crippen LogP contribution is 2.38. The van der Waals surface area contributed by atoms with Crippen LogP contribution in [0.4, 0.5) is 27.8 Å². The van der Waals surface area contributed by atoms with Crippen molar-refractivity contribution in [2.45, 2.75) is 13.1 Å². The Balaban J connectivity index is 1.82. The zero-order valence-electron chi connectivity index (χ0n) is 14.2. The highest BCUT2D eigenvalue weighted by atomic mass is 19.4. The number of benzene rings is 2. The maximum Gasteiger partial charge on any atom is 0.416 e. The van der Waals surface area contributed by atoms with Gasteiger partial charge in [0.25, 0.3) is 5.91 Å². The third-order valence-electron chi connectivity index (χ3n) is 4.34. The molecule has 3 aromatic rings. The van der Waals surface area contributed by atoms with Crippen molar-refractivity contribution in [3.63, 3.8) is 0 Å². The van der Waals surface area contributed by atoms with Crippen molar-refractivity contribution in [1.82, 2.24) is 9.78 Å². The molecular formula is C19H10F5N3O. The smallest absolute Gasteiger partial charge is 0.265 e. The molecule has 9 heteroatoms. The topological polar surface area (TPSA) is 47.2 Å². The number of hydrogen-bond donors (Lipinski definition) is 0. The number of halogens is 5. The molecule has 1 aliphatic rings. The van der Waals surface area contributed by atoms with Gasteiger partial charge in [0.05, 0.1) is 11.3 Å². The summed E-state index contributed by atoms with van der Waals surface area (Å²) in [5, 5.41) is 4.08. The van der Waals surface area contributed by atoms with Gasteiger partial charge in [0.2, 0.25) is 0 Å². The number of nitrogens with zero attached hydrogens (tertiary/aromatic N) is 3. The SMILES string of the molecule is Cc1nn2c(c1-c1ccc(C(F)(F)F)cc1)N=C(c1ccc(F)cc1F)C2=O. The van der Waals surface area contributed by atoms with Crippen molar-refractivity contribution in [2.75, 3.05) is 0 Å². The summed E-state index contributed by atoms with van der Waals surface area (Å²) in [5.41, 5.74) is -0.137. The summed E-state index contributed by atoms with van der Waals surface area (Å²) in [7, 11) is 0. The van der Waals surface area contributed by atoms with Crippen LogP contribution in [0.15, 0.2) is 47.5 Å². The first-order valence-corrected chi connectivity index (χ1v) is 8.03. The highest BCUT2D eigenvalue weighted by Gasteiger charge is 2.33. The molecule has 2 heterocycles. The number of carbonyl (C=O) groups excluding carboxylic acids is 1. The van der Waals surface area contributed by atoms with Crippen LogP contribution in [0.25, 0.3) is 11.1 Å². The third kappa shape index (κ3) is 2.79. The predicted molar refractivity (Wildman–Crippen MR) is 90.6 cm³/mol. The number of alkyl halides is 3. The van der Waals surface area contributed by atoms with Crippen LogP contribution in [-0.4, -0.2) is 21.4 Å². The van der Waals surface area contributed by atoms with Crippen molar-refractivity contribution in [3.05, 3.63) is 70.9 Å². The Morgan fingerprint density at radius 3 is 2.29 bits per heavy atom. The molecule has 0 fully saturated rings. The van der Waals surface area contributed by atoms with E-state index in [0.29, 0.717) is 22.9 Å². The molecular weight excluding hydrogens is 381 g/mol. The van der Waals surface area contributed by atoms with Crippen LogP contribution in [0.5, 0.6) is 0 Å². The van der Waals surface area contributed by atoms with Gasteiger partial charge in [0.15, 0.2) is 5.82 Å². The molecule has 4 rings (SSSR count). The molecule has 0 radical (unpaired) electrons. The Kier molecular flexibility index (Phi) is 3.91. The minimum absolute atomic E-state index is 0.0842. The van der Waals surface area contributed by atoms with Crippen molar-refractivity contribution in [2.24, 2.45) is 4.99 Å². The average molecular weight is 391 g/mol. The van der Waals surface area contributed by atoms with Crippen LogP contribution >= 0.6 is 0 Å². The van der Waals surface area contributed by atoms with E-state index in [4.69, 9.17) is 0 Å². The van der Waals surface area contributed by atoms with Crippen LogP contribution in [0, 0.1) is 18.6 Å². The van der Waals surface area contributed by atoms with E-state index in [0.717, 1.165) is 28.9 Å². The molecule has 2 aromatic carbocycles. The van der Waals surface area contributed by atoms with Gasteiger partial charge in [-0.05, 0) is 36.8 Å². The molecule has 1 aliphatic heterocycles. The number of aryl methyl sites for hydroxylation is 1. The second-order valence-corrected chi connectivity index (χ2v) is 6.16. The zero-order chi connectivity index (χ0) is 20.2. The van der Waals surface area contributed by atoms with Crippen molar-refractivity contribution >= 4 is 17.4 Å². The van der Waals surface area contributed by atoms with Gasteiger partial charge in [-0.2, -0.15) is 23.0 Å². The van der Waals surface area contributed by atoms with Crippen LogP contribution in [0.1, 0.15) is 21.6 Å². The second-order valence-electron chi connectivity index (χ2n) is 6.16. The maximum absolute atomic E-state index is 14.1. The van der Waals surface area contributed by atoms with Crippen LogP contribution < -0.4 is 0 Å². The van der Waals surface area contributed by atoms with Crippen molar-refractivity contribution < 1.29 is 26.7 Å². The summed E-state index contributed by atoms with van der Waals surface area (Å²) in [4.78, 5) is 16.7. The standard InChI is InChI=1S/C19H10F5N3O/c1-9-15(10-2-4-11(5-3-10)19(22,23)24)17-25-16(18(28)27(17)26-9)13-7-6-12(20)8-14(13)21/h2-8H,1H3.